The van der Waals surface area contributed by atoms with Crippen LogP contribution in [-0.4, -0.2) is 44.6 Å². The molecular weight excluding hydrogens is 227 g/mol. The standard InChI is InChI=1S/C9H14F3NO3/c10-9(11,12)6-15-5-8(14)13-4-7-2-1-3-16-7/h7H,1-6H2,(H,13,14)/t7-/m0/s1. The molecule has 1 rings (SSSR count). The fraction of sp³-hybridized carbons (Fsp3) is 0.889. The van der Waals surface area contributed by atoms with E-state index in [4.69, 9.17) is 4.74 Å². The lowest BCUT2D eigenvalue weighted by molar-refractivity contribution is -0.175. The van der Waals surface area contributed by atoms with Crippen molar-refractivity contribution in [2.75, 3.05) is 26.4 Å². The first-order chi connectivity index (χ1) is 7.47. The van der Waals surface area contributed by atoms with Crippen LogP contribution in [0.2, 0.25) is 0 Å². The first-order valence-electron chi connectivity index (χ1n) is 5.00. The van der Waals surface area contributed by atoms with E-state index in [-0.39, 0.29) is 6.10 Å². The smallest absolute Gasteiger partial charge is 0.376 e. The van der Waals surface area contributed by atoms with Crippen molar-refractivity contribution in [2.45, 2.75) is 25.1 Å². The number of amides is 1. The zero-order valence-electron chi connectivity index (χ0n) is 8.68. The maximum absolute atomic E-state index is 11.7. The summed E-state index contributed by atoms with van der Waals surface area (Å²) in [6.07, 6.45) is -2.60. The van der Waals surface area contributed by atoms with E-state index in [0.29, 0.717) is 13.2 Å². The van der Waals surface area contributed by atoms with Crippen molar-refractivity contribution in [3.8, 4) is 0 Å². The third-order valence-electron chi connectivity index (χ3n) is 2.05. The Labute approximate surface area is 91.1 Å². The number of hydrogen-bond donors (Lipinski definition) is 1. The van der Waals surface area contributed by atoms with Crippen molar-refractivity contribution < 1.29 is 27.4 Å². The van der Waals surface area contributed by atoms with Gasteiger partial charge in [-0.15, -0.1) is 0 Å². The summed E-state index contributed by atoms with van der Waals surface area (Å²) < 4.78 is 44.4. The fourth-order valence-corrected chi connectivity index (χ4v) is 1.34. The Bertz CT molecular complexity index is 227. The maximum atomic E-state index is 11.7. The number of carbonyl (C=O) groups excluding carboxylic acids is 1. The van der Waals surface area contributed by atoms with Gasteiger partial charge in [0.25, 0.3) is 0 Å². The summed E-state index contributed by atoms with van der Waals surface area (Å²) in [7, 11) is 0. The third-order valence-corrected chi connectivity index (χ3v) is 2.05. The van der Waals surface area contributed by atoms with Crippen LogP contribution in [0, 0.1) is 0 Å². The second-order valence-corrected chi connectivity index (χ2v) is 3.55. The summed E-state index contributed by atoms with van der Waals surface area (Å²) in [5.41, 5.74) is 0. The van der Waals surface area contributed by atoms with Gasteiger partial charge in [-0.25, -0.2) is 0 Å². The van der Waals surface area contributed by atoms with Crippen LogP contribution in [0.1, 0.15) is 12.8 Å². The monoisotopic (exact) mass is 241 g/mol. The van der Waals surface area contributed by atoms with Gasteiger partial charge in [-0.05, 0) is 12.8 Å². The summed E-state index contributed by atoms with van der Waals surface area (Å²) >= 11 is 0. The molecule has 0 spiro atoms. The predicted molar refractivity (Wildman–Crippen MR) is 48.9 cm³/mol. The molecule has 94 valence electrons. The Morgan fingerprint density at radius 3 is 2.81 bits per heavy atom. The number of ether oxygens (including phenoxy) is 2. The number of halogens is 3. The fourth-order valence-electron chi connectivity index (χ4n) is 1.34. The number of nitrogens with one attached hydrogen (secondary N) is 1. The van der Waals surface area contributed by atoms with E-state index in [2.05, 4.69) is 10.1 Å². The van der Waals surface area contributed by atoms with Crippen molar-refractivity contribution in [1.82, 2.24) is 5.32 Å². The molecule has 0 saturated carbocycles. The summed E-state index contributed by atoms with van der Waals surface area (Å²) in [5, 5.41) is 2.45. The molecule has 1 heterocycles. The summed E-state index contributed by atoms with van der Waals surface area (Å²) in [4.78, 5) is 11.0. The van der Waals surface area contributed by atoms with Gasteiger partial charge in [-0.3, -0.25) is 4.79 Å². The molecule has 0 radical (unpaired) electrons. The van der Waals surface area contributed by atoms with E-state index >= 15 is 0 Å². The number of alkyl halides is 3. The van der Waals surface area contributed by atoms with E-state index in [1.165, 1.54) is 0 Å². The first-order valence-corrected chi connectivity index (χ1v) is 5.00. The van der Waals surface area contributed by atoms with Crippen LogP contribution in [-0.2, 0) is 14.3 Å². The van der Waals surface area contributed by atoms with Crippen LogP contribution in [0.3, 0.4) is 0 Å². The highest BCUT2D eigenvalue weighted by atomic mass is 19.4. The average Bonchev–Trinajstić information content (AvgIpc) is 2.65. The van der Waals surface area contributed by atoms with Crippen LogP contribution in [0.4, 0.5) is 13.2 Å². The van der Waals surface area contributed by atoms with Crippen LogP contribution >= 0.6 is 0 Å². The van der Waals surface area contributed by atoms with Gasteiger partial charge in [-0.1, -0.05) is 0 Å². The van der Waals surface area contributed by atoms with Gasteiger partial charge in [0.2, 0.25) is 5.91 Å². The molecule has 1 amide bonds. The molecule has 16 heavy (non-hydrogen) atoms. The Hall–Kier alpha value is -0.820. The van der Waals surface area contributed by atoms with Gasteiger partial charge < -0.3 is 14.8 Å². The quantitative estimate of drug-likeness (QED) is 0.776. The highest BCUT2D eigenvalue weighted by molar-refractivity contribution is 5.77. The van der Waals surface area contributed by atoms with Gasteiger partial charge in [0, 0.05) is 13.2 Å². The van der Waals surface area contributed by atoms with Crippen LogP contribution < -0.4 is 5.32 Å². The van der Waals surface area contributed by atoms with Crippen LogP contribution in [0.5, 0.6) is 0 Å². The lowest BCUT2D eigenvalue weighted by atomic mass is 10.2. The molecule has 0 aromatic carbocycles. The van der Waals surface area contributed by atoms with E-state index < -0.39 is 25.3 Å². The molecule has 4 nitrogen and oxygen atoms in total. The minimum absolute atomic E-state index is 0.0217. The minimum atomic E-state index is -4.39. The van der Waals surface area contributed by atoms with Crippen molar-refractivity contribution in [3.63, 3.8) is 0 Å². The Kier molecular flexibility index (Phi) is 5.01. The number of carbonyl (C=O) groups is 1. The Morgan fingerprint density at radius 2 is 2.25 bits per heavy atom. The summed E-state index contributed by atoms with van der Waals surface area (Å²) in [6, 6.07) is 0. The lowest BCUT2D eigenvalue weighted by Crippen LogP contribution is -2.35. The van der Waals surface area contributed by atoms with Gasteiger partial charge in [-0.2, -0.15) is 13.2 Å². The Morgan fingerprint density at radius 1 is 1.50 bits per heavy atom. The molecule has 1 atom stereocenters. The summed E-state index contributed by atoms with van der Waals surface area (Å²) in [6.45, 7) is -0.980. The minimum Gasteiger partial charge on any atom is -0.376 e. The van der Waals surface area contributed by atoms with Crippen molar-refractivity contribution >= 4 is 5.91 Å². The zero-order valence-corrected chi connectivity index (χ0v) is 8.68. The van der Waals surface area contributed by atoms with Crippen molar-refractivity contribution in [3.05, 3.63) is 0 Å². The molecule has 0 aromatic rings. The molecule has 1 saturated heterocycles. The number of hydrogen-bond acceptors (Lipinski definition) is 3. The molecule has 0 aliphatic carbocycles. The molecule has 0 aromatic heterocycles. The van der Waals surface area contributed by atoms with Gasteiger partial charge in [0.05, 0.1) is 6.10 Å². The lowest BCUT2D eigenvalue weighted by Gasteiger charge is -2.11. The van der Waals surface area contributed by atoms with Gasteiger partial charge in [0.15, 0.2) is 0 Å². The largest absolute Gasteiger partial charge is 0.411 e. The molecule has 1 fully saturated rings. The van der Waals surface area contributed by atoms with Crippen molar-refractivity contribution in [1.29, 1.82) is 0 Å². The molecule has 1 N–H and O–H groups in total. The van der Waals surface area contributed by atoms with E-state index in [1.54, 1.807) is 0 Å². The molecule has 1 aliphatic heterocycles. The van der Waals surface area contributed by atoms with E-state index in [9.17, 15) is 18.0 Å². The Balaban J connectivity index is 2.02. The third kappa shape index (κ3) is 5.92. The van der Waals surface area contributed by atoms with E-state index in [1.807, 2.05) is 0 Å². The summed E-state index contributed by atoms with van der Waals surface area (Å²) in [5.74, 6) is -0.556. The molecular formula is C9H14F3NO3. The maximum Gasteiger partial charge on any atom is 0.411 e. The van der Waals surface area contributed by atoms with Crippen LogP contribution in [0.25, 0.3) is 0 Å². The second kappa shape index (κ2) is 6.05. The van der Waals surface area contributed by atoms with Gasteiger partial charge >= 0.3 is 6.18 Å². The highest BCUT2D eigenvalue weighted by Crippen LogP contribution is 2.14. The topological polar surface area (TPSA) is 47.6 Å². The SMILES string of the molecule is O=C(COCC(F)(F)F)NC[C@@H]1CCCO1. The van der Waals surface area contributed by atoms with Gasteiger partial charge in [0.1, 0.15) is 13.2 Å². The zero-order chi connectivity index (χ0) is 12.0. The van der Waals surface area contributed by atoms with Crippen molar-refractivity contribution in [2.24, 2.45) is 0 Å². The second-order valence-electron chi connectivity index (χ2n) is 3.55. The average molecular weight is 241 g/mol. The predicted octanol–water partition coefficient (Wildman–Crippen LogP) is 0.861. The van der Waals surface area contributed by atoms with E-state index in [0.717, 1.165) is 12.8 Å². The highest BCUT2D eigenvalue weighted by Gasteiger charge is 2.27. The molecule has 7 heteroatoms. The molecule has 0 unspecified atom stereocenters. The number of rotatable bonds is 5. The molecule has 0 bridgehead atoms. The molecule has 1 aliphatic rings. The first kappa shape index (κ1) is 13.2. The normalized spacial score (nSPS) is 21.1. The van der Waals surface area contributed by atoms with Crippen LogP contribution in [0.15, 0.2) is 0 Å².